The van der Waals surface area contributed by atoms with Crippen LogP contribution in [0.4, 0.5) is 5.69 Å². The molecule has 0 unspecified atom stereocenters. The van der Waals surface area contributed by atoms with Crippen LogP contribution in [0, 0.1) is 0 Å². The van der Waals surface area contributed by atoms with Crippen molar-refractivity contribution < 1.29 is 9.47 Å². The molecule has 19 heavy (non-hydrogen) atoms. The first-order chi connectivity index (χ1) is 8.99. The van der Waals surface area contributed by atoms with Crippen molar-refractivity contribution in [1.82, 2.24) is 0 Å². The van der Waals surface area contributed by atoms with E-state index in [0.29, 0.717) is 18.4 Å². The van der Waals surface area contributed by atoms with Crippen LogP contribution in [0.15, 0.2) is 18.2 Å². The van der Waals surface area contributed by atoms with Crippen LogP contribution < -0.4 is 5.32 Å². The third-order valence-corrected chi connectivity index (χ3v) is 3.35. The quantitative estimate of drug-likeness (QED) is 0.757. The van der Waals surface area contributed by atoms with E-state index in [9.17, 15) is 0 Å². The first-order valence-corrected chi connectivity index (χ1v) is 6.92. The number of hydrogen-bond acceptors (Lipinski definition) is 3. The number of nitrogens with one attached hydrogen (secondary N) is 1. The molecule has 1 aromatic carbocycles. The average molecular weight is 265 g/mol. The molecule has 0 amide bonds. The summed E-state index contributed by atoms with van der Waals surface area (Å²) in [7, 11) is 3.31. The molecule has 0 aliphatic rings. The molecular weight excluding hydrogens is 238 g/mol. The van der Waals surface area contributed by atoms with Crippen molar-refractivity contribution in [2.24, 2.45) is 0 Å². The van der Waals surface area contributed by atoms with Crippen molar-refractivity contribution in [3.63, 3.8) is 0 Å². The van der Waals surface area contributed by atoms with Crippen molar-refractivity contribution in [3.05, 3.63) is 29.3 Å². The first kappa shape index (κ1) is 16.0. The van der Waals surface area contributed by atoms with Crippen LogP contribution in [0.3, 0.4) is 0 Å². The third-order valence-electron chi connectivity index (χ3n) is 3.35. The molecule has 0 atom stereocenters. The maximum absolute atomic E-state index is 5.20. The minimum Gasteiger partial charge on any atom is -0.380 e. The molecule has 0 aromatic heterocycles. The lowest BCUT2D eigenvalue weighted by Gasteiger charge is -2.20. The van der Waals surface area contributed by atoms with E-state index in [1.807, 2.05) is 0 Å². The van der Waals surface area contributed by atoms with E-state index in [1.54, 1.807) is 14.2 Å². The van der Waals surface area contributed by atoms with Gasteiger partial charge >= 0.3 is 0 Å². The van der Waals surface area contributed by atoms with Gasteiger partial charge in [-0.25, -0.2) is 0 Å². The van der Waals surface area contributed by atoms with Crippen LogP contribution in [0.5, 0.6) is 0 Å². The zero-order chi connectivity index (χ0) is 14.4. The number of hydrogen-bond donors (Lipinski definition) is 1. The Morgan fingerprint density at radius 1 is 1.00 bits per heavy atom. The summed E-state index contributed by atoms with van der Waals surface area (Å²) in [6.07, 6.45) is -0.218. The van der Waals surface area contributed by atoms with Gasteiger partial charge in [-0.1, -0.05) is 39.8 Å². The predicted molar refractivity (Wildman–Crippen MR) is 80.9 cm³/mol. The minimum atomic E-state index is -0.218. The van der Waals surface area contributed by atoms with Crippen LogP contribution in [-0.2, 0) is 9.47 Å². The molecule has 0 aliphatic carbocycles. The number of methoxy groups -OCH3 is 2. The second kappa shape index (κ2) is 7.51. The van der Waals surface area contributed by atoms with Crippen molar-refractivity contribution in [2.45, 2.75) is 45.8 Å². The van der Waals surface area contributed by atoms with E-state index in [2.05, 4.69) is 51.2 Å². The highest BCUT2D eigenvalue weighted by molar-refractivity contribution is 5.54. The summed E-state index contributed by atoms with van der Waals surface area (Å²) in [5.41, 5.74) is 3.89. The van der Waals surface area contributed by atoms with Gasteiger partial charge in [0.1, 0.15) is 0 Å². The smallest absolute Gasteiger partial charge is 0.173 e. The van der Waals surface area contributed by atoms with Gasteiger partial charge in [0.2, 0.25) is 0 Å². The van der Waals surface area contributed by atoms with E-state index >= 15 is 0 Å². The van der Waals surface area contributed by atoms with Gasteiger partial charge in [0.05, 0.1) is 6.54 Å². The Bertz CT molecular complexity index is 384. The Labute approximate surface area is 117 Å². The highest BCUT2D eigenvalue weighted by Gasteiger charge is 2.11. The fraction of sp³-hybridized carbons (Fsp3) is 0.625. The second-order valence-electron chi connectivity index (χ2n) is 5.44. The van der Waals surface area contributed by atoms with E-state index in [-0.39, 0.29) is 6.29 Å². The highest BCUT2D eigenvalue weighted by atomic mass is 16.7. The zero-order valence-electron chi connectivity index (χ0n) is 13.0. The molecule has 0 aliphatic heterocycles. The Kier molecular flexibility index (Phi) is 6.32. The Morgan fingerprint density at radius 2 is 1.63 bits per heavy atom. The summed E-state index contributed by atoms with van der Waals surface area (Å²) < 4.78 is 10.4. The molecule has 108 valence electrons. The molecule has 1 aromatic rings. The van der Waals surface area contributed by atoms with E-state index in [0.717, 1.165) is 0 Å². The molecule has 0 saturated carbocycles. The second-order valence-corrected chi connectivity index (χ2v) is 5.44. The van der Waals surface area contributed by atoms with Crippen molar-refractivity contribution >= 4 is 5.69 Å². The van der Waals surface area contributed by atoms with Crippen LogP contribution >= 0.6 is 0 Å². The van der Waals surface area contributed by atoms with Gasteiger partial charge in [-0.15, -0.1) is 0 Å². The number of anilines is 1. The number of benzene rings is 1. The molecule has 0 bridgehead atoms. The number of ether oxygens (including phenoxy) is 2. The van der Waals surface area contributed by atoms with Crippen LogP contribution in [-0.4, -0.2) is 27.1 Å². The van der Waals surface area contributed by atoms with Gasteiger partial charge in [-0.2, -0.15) is 0 Å². The van der Waals surface area contributed by atoms with Crippen molar-refractivity contribution in [2.75, 3.05) is 26.1 Å². The maximum atomic E-state index is 5.20. The summed E-state index contributed by atoms with van der Waals surface area (Å²) >= 11 is 0. The fourth-order valence-corrected chi connectivity index (χ4v) is 2.04. The molecule has 1 rings (SSSR count). The topological polar surface area (TPSA) is 30.5 Å². The summed E-state index contributed by atoms with van der Waals surface area (Å²) in [4.78, 5) is 0. The molecule has 1 N–H and O–H groups in total. The highest BCUT2D eigenvalue weighted by Crippen LogP contribution is 2.28. The van der Waals surface area contributed by atoms with E-state index < -0.39 is 0 Å². The van der Waals surface area contributed by atoms with Crippen LogP contribution in [0.1, 0.15) is 50.7 Å². The van der Waals surface area contributed by atoms with Gasteiger partial charge in [0.25, 0.3) is 0 Å². The lowest BCUT2D eigenvalue weighted by Crippen LogP contribution is -2.24. The fourth-order valence-electron chi connectivity index (χ4n) is 2.04. The van der Waals surface area contributed by atoms with Crippen LogP contribution in [0.2, 0.25) is 0 Å². The van der Waals surface area contributed by atoms with Gasteiger partial charge in [-0.3, -0.25) is 0 Å². The lowest BCUT2D eigenvalue weighted by molar-refractivity contribution is -0.0914. The van der Waals surface area contributed by atoms with E-state index in [1.165, 1.54) is 16.8 Å². The average Bonchev–Trinajstić information content (AvgIpc) is 2.39. The summed E-state index contributed by atoms with van der Waals surface area (Å²) in [5.74, 6) is 1.04. The Balaban J connectivity index is 2.88. The van der Waals surface area contributed by atoms with Gasteiger partial charge in [0, 0.05) is 19.9 Å². The van der Waals surface area contributed by atoms with Crippen molar-refractivity contribution in [3.8, 4) is 0 Å². The zero-order valence-corrected chi connectivity index (χ0v) is 13.0. The normalized spacial score (nSPS) is 11.6. The Hall–Kier alpha value is -1.06. The first-order valence-electron chi connectivity index (χ1n) is 6.92. The predicted octanol–water partition coefficient (Wildman–Crippen LogP) is 3.96. The third kappa shape index (κ3) is 4.51. The summed E-state index contributed by atoms with van der Waals surface area (Å²) in [5, 5.41) is 3.41. The largest absolute Gasteiger partial charge is 0.380 e. The Morgan fingerprint density at radius 3 is 2.11 bits per heavy atom. The molecular formula is C16H27NO2. The molecule has 0 saturated heterocycles. The van der Waals surface area contributed by atoms with Gasteiger partial charge in [0.15, 0.2) is 6.29 Å². The standard InChI is InChI=1S/C16H27NO2/c1-11(2)13-7-8-15(14(9-13)12(3)4)17-10-16(18-5)19-6/h7-9,11-12,16-17H,10H2,1-6H3. The minimum absolute atomic E-state index is 0.218. The lowest BCUT2D eigenvalue weighted by atomic mass is 9.94. The summed E-state index contributed by atoms with van der Waals surface area (Å²) in [6.45, 7) is 9.52. The van der Waals surface area contributed by atoms with Gasteiger partial charge < -0.3 is 14.8 Å². The van der Waals surface area contributed by atoms with Crippen LogP contribution in [0.25, 0.3) is 0 Å². The maximum Gasteiger partial charge on any atom is 0.173 e. The molecule has 3 heteroatoms. The molecule has 0 fully saturated rings. The monoisotopic (exact) mass is 265 g/mol. The molecule has 0 radical (unpaired) electrons. The van der Waals surface area contributed by atoms with Crippen molar-refractivity contribution in [1.29, 1.82) is 0 Å². The van der Waals surface area contributed by atoms with E-state index in [4.69, 9.17) is 9.47 Å². The number of rotatable bonds is 7. The molecule has 0 heterocycles. The molecule has 0 spiro atoms. The molecule has 3 nitrogen and oxygen atoms in total. The van der Waals surface area contributed by atoms with Gasteiger partial charge in [-0.05, 0) is 29.0 Å². The summed E-state index contributed by atoms with van der Waals surface area (Å²) in [6, 6.07) is 6.65. The SMILES string of the molecule is COC(CNc1ccc(C(C)C)cc1C(C)C)OC.